The van der Waals surface area contributed by atoms with Crippen LogP contribution in [0.3, 0.4) is 0 Å². The highest BCUT2D eigenvalue weighted by molar-refractivity contribution is 6.31. The molecule has 0 saturated heterocycles. The molecule has 1 atom stereocenters. The van der Waals surface area contributed by atoms with Gasteiger partial charge in [-0.1, -0.05) is 41.9 Å². The van der Waals surface area contributed by atoms with Crippen molar-refractivity contribution in [2.75, 3.05) is 6.54 Å². The van der Waals surface area contributed by atoms with E-state index >= 15 is 0 Å². The van der Waals surface area contributed by atoms with Crippen molar-refractivity contribution < 1.29 is 15.1 Å². The number of nitro benzene ring substituents is 1. The fraction of sp³-hybridized carbons (Fsp3) is 0.188. The smallest absolute Gasteiger partial charge is 0.312 e. The molecule has 0 heterocycles. The van der Waals surface area contributed by atoms with E-state index in [1.807, 2.05) is 6.07 Å². The molecule has 2 aromatic carbocycles. The van der Waals surface area contributed by atoms with Gasteiger partial charge < -0.3 is 10.2 Å². The van der Waals surface area contributed by atoms with Crippen molar-refractivity contribution in [1.29, 1.82) is 0 Å². The molecule has 1 unspecified atom stereocenters. The van der Waals surface area contributed by atoms with Gasteiger partial charge in [-0.15, -0.1) is 0 Å². The van der Waals surface area contributed by atoms with Gasteiger partial charge in [-0.05, 0) is 18.6 Å². The summed E-state index contributed by atoms with van der Waals surface area (Å²) < 4.78 is 0. The third-order valence-corrected chi connectivity index (χ3v) is 3.52. The molecule has 0 spiro atoms. The maximum Gasteiger partial charge on any atom is 0.312 e. The van der Waals surface area contributed by atoms with Crippen LogP contribution in [0.5, 0.6) is 5.75 Å². The van der Waals surface area contributed by atoms with E-state index in [-0.39, 0.29) is 17.1 Å². The molecule has 0 aromatic heterocycles. The second-order valence-corrected chi connectivity index (χ2v) is 5.67. The van der Waals surface area contributed by atoms with E-state index in [1.165, 1.54) is 12.3 Å². The zero-order valence-corrected chi connectivity index (χ0v) is 13.1. The maximum atomic E-state index is 10.8. The second kappa shape index (κ2) is 6.76. The first kappa shape index (κ1) is 16.9. The van der Waals surface area contributed by atoms with Crippen LogP contribution in [-0.4, -0.2) is 27.9 Å². The highest BCUT2D eigenvalue weighted by atomic mass is 35.5. The normalized spacial score (nSPS) is 13.9. The van der Waals surface area contributed by atoms with Gasteiger partial charge in [0.25, 0.3) is 0 Å². The van der Waals surface area contributed by atoms with E-state index in [0.29, 0.717) is 5.56 Å². The van der Waals surface area contributed by atoms with Gasteiger partial charge in [0, 0.05) is 22.9 Å². The van der Waals surface area contributed by atoms with E-state index in [0.717, 1.165) is 6.07 Å². The summed E-state index contributed by atoms with van der Waals surface area (Å²) in [5.74, 6) is -0.512. The Bertz CT molecular complexity index is 745. The van der Waals surface area contributed by atoms with Crippen molar-refractivity contribution in [2.45, 2.75) is 12.5 Å². The average Bonchev–Trinajstić information content (AvgIpc) is 2.51. The number of benzene rings is 2. The van der Waals surface area contributed by atoms with Gasteiger partial charge in [0.1, 0.15) is 5.60 Å². The molecule has 6 nitrogen and oxygen atoms in total. The molecule has 0 bridgehead atoms. The van der Waals surface area contributed by atoms with Crippen LogP contribution >= 0.6 is 11.6 Å². The Labute approximate surface area is 137 Å². The Morgan fingerprint density at radius 1 is 1.35 bits per heavy atom. The van der Waals surface area contributed by atoms with Crippen LogP contribution in [0.4, 0.5) is 5.69 Å². The Morgan fingerprint density at radius 2 is 2.00 bits per heavy atom. The molecule has 0 aliphatic carbocycles. The number of nitrogens with zero attached hydrogens (tertiary/aromatic N) is 2. The number of hydrogen-bond acceptors (Lipinski definition) is 5. The molecular weight excluding hydrogens is 320 g/mol. The number of phenols is 1. The summed E-state index contributed by atoms with van der Waals surface area (Å²) in [6, 6.07) is 11.4. The van der Waals surface area contributed by atoms with E-state index in [9.17, 15) is 20.3 Å². The predicted octanol–water partition coefficient (Wildman–Crippen LogP) is 3.28. The van der Waals surface area contributed by atoms with Crippen molar-refractivity contribution in [3.05, 3.63) is 68.7 Å². The third-order valence-electron chi connectivity index (χ3n) is 3.31. The lowest BCUT2D eigenvalue weighted by Crippen LogP contribution is -2.24. The highest BCUT2D eigenvalue weighted by Crippen LogP contribution is 2.32. The van der Waals surface area contributed by atoms with Gasteiger partial charge >= 0.3 is 5.69 Å². The molecule has 2 rings (SSSR count). The van der Waals surface area contributed by atoms with Crippen molar-refractivity contribution >= 4 is 23.5 Å². The van der Waals surface area contributed by atoms with Crippen LogP contribution in [0.25, 0.3) is 0 Å². The fourth-order valence-electron chi connectivity index (χ4n) is 2.05. The van der Waals surface area contributed by atoms with Crippen molar-refractivity contribution in [3.63, 3.8) is 0 Å². The first-order valence-corrected chi connectivity index (χ1v) is 7.13. The lowest BCUT2D eigenvalue weighted by molar-refractivity contribution is -0.385. The molecule has 120 valence electrons. The standard InChI is InChI=1S/C16H15ClN2O4/c1-16(21,12-5-3-2-4-6-12)10-18-9-11-7-13(17)8-14(15(11)20)19(22)23/h2-9,20-21H,10H2,1H3. The van der Waals surface area contributed by atoms with Crippen molar-refractivity contribution in [3.8, 4) is 5.75 Å². The van der Waals surface area contributed by atoms with Crippen molar-refractivity contribution in [1.82, 2.24) is 0 Å². The van der Waals surface area contributed by atoms with Crippen LogP contribution in [0.2, 0.25) is 5.02 Å². The monoisotopic (exact) mass is 334 g/mol. The first-order chi connectivity index (χ1) is 10.8. The number of aromatic hydroxyl groups is 1. The molecule has 0 amide bonds. The fourth-order valence-corrected chi connectivity index (χ4v) is 2.27. The number of halogens is 1. The quantitative estimate of drug-likeness (QED) is 0.498. The number of nitro groups is 1. The van der Waals surface area contributed by atoms with E-state index in [2.05, 4.69) is 4.99 Å². The largest absolute Gasteiger partial charge is 0.502 e. The van der Waals surface area contributed by atoms with E-state index in [1.54, 1.807) is 31.2 Å². The molecule has 23 heavy (non-hydrogen) atoms. The zero-order chi connectivity index (χ0) is 17.0. The summed E-state index contributed by atoms with van der Waals surface area (Å²) >= 11 is 5.80. The molecule has 0 aliphatic rings. The van der Waals surface area contributed by atoms with Gasteiger partial charge in [-0.25, -0.2) is 0 Å². The summed E-state index contributed by atoms with van der Waals surface area (Å²) in [5, 5.41) is 31.3. The molecule has 2 aromatic rings. The SMILES string of the molecule is CC(O)(CN=Cc1cc(Cl)cc([N+](=O)[O-])c1O)c1ccccc1. The van der Waals surface area contributed by atoms with E-state index in [4.69, 9.17) is 11.6 Å². The van der Waals surface area contributed by atoms with Crippen LogP contribution in [0.1, 0.15) is 18.1 Å². The van der Waals surface area contributed by atoms with Gasteiger partial charge in [-0.3, -0.25) is 15.1 Å². The van der Waals surface area contributed by atoms with Crippen LogP contribution in [0.15, 0.2) is 47.5 Å². The molecule has 0 fully saturated rings. The molecule has 7 heteroatoms. The predicted molar refractivity (Wildman–Crippen MR) is 88.2 cm³/mol. The number of hydrogen-bond donors (Lipinski definition) is 2. The Balaban J connectivity index is 2.23. The minimum Gasteiger partial charge on any atom is -0.502 e. The Kier molecular flexibility index (Phi) is 4.98. The Morgan fingerprint density at radius 3 is 2.61 bits per heavy atom. The van der Waals surface area contributed by atoms with Gasteiger partial charge in [0.2, 0.25) is 5.75 Å². The van der Waals surface area contributed by atoms with Crippen molar-refractivity contribution in [2.24, 2.45) is 4.99 Å². The molecule has 0 radical (unpaired) electrons. The van der Waals surface area contributed by atoms with Crippen LogP contribution in [-0.2, 0) is 5.60 Å². The maximum absolute atomic E-state index is 10.8. The summed E-state index contributed by atoms with van der Waals surface area (Å²) in [6.45, 7) is 1.64. The summed E-state index contributed by atoms with van der Waals surface area (Å²) in [4.78, 5) is 14.2. The average molecular weight is 335 g/mol. The summed E-state index contributed by atoms with van der Waals surface area (Å²) in [5.41, 5.74) is -0.877. The number of phenolic OH excluding ortho intramolecular Hbond substituents is 1. The molecular formula is C16H15ClN2O4. The third kappa shape index (κ3) is 4.06. The number of aliphatic imine (C=N–C) groups is 1. The molecule has 2 N–H and O–H groups in total. The topological polar surface area (TPSA) is 96.0 Å². The zero-order valence-electron chi connectivity index (χ0n) is 12.3. The lowest BCUT2D eigenvalue weighted by Gasteiger charge is -2.21. The lowest BCUT2D eigenvalue weighted by atomic mass is 9.96. The minimum atomic E-state index is -1.20. The van der Waals surface area contributed by atoms with Crippen LogP contribution < -0.4 is 0 Å². The molecule has 0 saturated carbocycles. The van der Waals surface area contributed by atoms with Gasteiger partial charge in [0.15, 0.2) is 0 Å². The van der Waals surface area contributed by atoms with Gasteiger partial charge in [-0.2, -0.15) is 0 Å². The molecule has 0 aliphatic heterocycles. The minimum absolute atomic E-state index is 0.0246. The van der Waals surface area contributed by atoms with E-state index < -0.39 is 22.0 Å². The van der Waals surface area contributed by atoms with Gasteiger partial charge in [0.05, 0.1) is 11.5 Å². The summed E-state index contributed by atoms with van der Waals surface area (Å²) in [6.07, 6.45) is 1.26. The van der Waals surface area contributed by atoms with Crippen LogP contribution in [0, 0.1) is 10.1 Å². The number of rotatable bonds is 5. The second-order valence-electron chi connectivity index (χ2n) is 5.23. The summed E-state index contributed by atoms with van der Waals surface area (Å²) in [7, 11) is 0. The highest BCUT2D eigenvalue weighted by Gasteiger charge is 2.22. The number of aliphatic hydroxyl groups is 1. The first-order valence-electron chi connectivity index (χ1n) is 6.76. The Hall–Kier alpha value is -2.44.